The van der Waals surface area contributed by atoms with Crippen molar-refractivity contribution in [1.82, 2.24) is 36.9 Å². The molecule has 0 aliphatic carbocycles. The number of aldehydes is 1. The van der Waals surface area contributed by atoms with E-state index in [0.717, 1.165) is 29.7 Å². The van der Waals surface area contributed by atoms with Crippen LogP contribution in [0.3, 0.4) is 0 Å². The molecule has 29 heteroatoms. The van der Waals surface area contributed by atoms with Gasteiger partial charge in [0.1, 0.15) is 53.6 Å². The van der Waals surface area contributed by atoms with Crippen LogP contribution >= 0.6 is 34.8 Å². The number of para-hydroxylation sites is 1. The van der Waals surface area contributed by atoms with Gasteiger partial charge in [-0.25, -0.2) is 24.4 Å². The number of hydrogen-bond donors (Lipinski definition) is 9. The second kappa shape index (κ2) is 33.9. The zero-order chi connectivity index (χ0) is 68.5. The molecule has 0 aliphatic rings. The number of nitrogens with one attached hydrogen (secondary N) is 9. The zero-order valence-electron chi connectivity index (χ0n) is 50.7. The molecule has 1 heterocycles. The standard InChI is InChI=1S/C26H32ClN5O2.C17H14ClN5O2.C10H8ClN5O.C10H5F3N2O/c1-7-25(3,4)19-9-10-23(20(13-19)26(5,6)8-2)34-16-30-24(33)32-31-22-12-18(15-29)17(14-28)11-21(22)27;1-10-3-4-16(25-2)15(5-10)21-17(24)23-22-14-7-12(9-20)11(8-19)6-13(14)18;1-14-10(17)16-15-9-3-7(5-13)6(4-12)2-8(9)11;11-10(12,13)9-14-7-4-2-1-3-6(7)8(5-16)15-9/h9-13,31H,7-8,16H2,1-6H3,(H2,30,32,33);3-7,22H,1-2H3,(H2,21,23,24);2-3,15H,1H3,(H2,14,16,17);1-5H. The van der Waals surface area contributed by atoms with Gasteiger partial charge in [-0.3, -0.25) is 37.3 Å². The summed E-state index contributed by atoms with van der Waals surface area (Å²) in [4.78, 5) is 52.4. The number of rotatable bonds is 16. The Morgan fingerprint density at radius 3 is 1.49 bits per heavy atom. The number of nitrogens with zero attached hydrogens (tertiary/aromatic N) is 8. The highest BCUT2D eigenvalue weighted by atomic mass is 35.5. The van der Waals surface area contributed by atoms with Crippen molar-refractivity contribution in [2.45, 2.75) is 78.3 Å². The van der Waals surface area contributed by atoms with Crippen LogP contribution in [0.2, 0.25) is 15.1 Å². The number of ether oxygens (including phenoxy) is 2. The van der Waals surface area contributed by atoms with Crippen molar-refractivity contribution in [3.63, 3.8) is 0 Å². The Morgan fingerprint density at radius 1 is 0.587 bits per heavy atom. The second-order valence-corrected chi connectivity index (χ2v) is 21.6. The maximum Gasteiger partial charge on any atom is 0.451 e. The Bertz CT molecular complexity index is 4150. The number of aromatic nitrogens is 2. The Balaban J connectivity index is 0.000000274. The van der Waals surface area contributed by atoms with Gasteiger partial charge in [0, 0.05) is 18.0 Å². The number of carbonyl (C=O) groups is 4. The smallest absolute Gasteiger partial charge is 0.451 e. The van der Waals surface area contributed by atoms with E-state index in [1.807, 2.05) is 55.5 Å². The first-order chi connectivity index (χ1) is 43.6. The fourth-order valence-corrected chi connectivity index (χ4v) is 8.24. The Labute approximate surface area is 542 Å². The number of aryl methyl sites for hydroxylation is 1. The summed E-state index contributed by atoms with van der Waals surface area (Å²) >= 11 is 18.0. The maximum absolute atomic E-state index is 12.4. The number of benzene rings is 6. The van der Waals surface area contributed by atoms with E-state index >= 15 is 0 Å². The van der Waals surface area contributed by atoms with Gasteiger partial charge in [0.15, 0.2) is 13.0 Å². The minimum absolute atomic E-state index is 0.0403. The van der Waals surface area contributed by atoms with Crippen LogP contribution in [0.5, 0.6) is 11.5 Å². The van der Waals surface area contributed by atoms with Crippen LogP contribution in [0.1, 0.15) is 121 Å². The zero-order valence-corrected chi connectivity index (χ0v) is 53.0. The lowest BCUT2D eigenvalue weighted by atomic mass is 9.76. The van der Waals surface area contributed by atoms with Crippen molar-refractivity contribution in [2.24, 2.45) is 0 Å². The molecule has 92 heavy (non-hydrogen) atoms. The molecule has 7 rings (SSSR count). The number of alkyl halides is 3. The number of halogens is 6. The summed E-state index contributed by atoms with van der Waals surface area (Å²) in [5, 5.41) is 62.3. The van der Waals surface area contributed by atoms with Crippen LogP contribution in [0.4, 0.5) is 50.3 Å². The molecule has 0 radical (unpaired) electrons. The predicted molar refractivity (Wildman–Crippen MR) is 341 cm³/mol. The minimum atomic E-state index is -4.65. The van der Waals surface area contributed by atoms with E-state index in [2.05, 4.69) is 112 Å². The van der Waals surface area contributed by atoms with E-state index < -0.39 is 30.1 Å². The molecule has 0 saturated carbocycles. The van der Waals surface area contributed by atoms with Crippen molar-refractivity contribution < 1.29 is 41.8 Å². The predicted octanol–water partition coefficient (Wildman–Crippen LogP) is 13.5. The van der Waals surface area contributed by atoms with Gasteiger partial charge in [0.2, 0.25) is 5.82 Å². The number of methoxy groups -OCH3 is 1. The van der Waals surface area contributed by atoms with Crippen molar-refractivity contribution in [3.8, 4) is 47.9 Å². The minimum Gasteiger partial charge on any atom is -0.495 e. The van der Waals surface area contributed by atoms with Crippen LogP contribution in [-0.4, -0.2) is 55.2 Å². The number of amides is 6. The van der Waals surface area contributed by atoms with Crippen LogP contribution in [-0.2, 0) is 17.0 Å². The third-order valence-corrected chi connectivity index (χ3v) is 14.5. The molecular formula is C63H59Cl3F3N17O6. The van der Waals surface area contributed by atoms with E-state index in [0.29, 0.717) is 40.2 Å². The van der Waals surface area contributed by atoms with Gasteiger partial charge in [0.05, 0.1) is 83.8 Å². The molecule has 0 unspecified atom stereocenters. The van der Waals surface area contributed by atoms with Gasteiger partial charge in [-0.2, -0.15) is 44.7 Å². The Kier molecular flexibility index (Phi) is 27.0. The first-order valence-corrected chi connectivity index (χ1v) is 28.2. The third kappa shape index (κ3) is 20.4. The van der Waals surface area contributed by atoms with Gasteiger partial charge in [-0.05, 0) is 102 Å². The van der Waals surface area contributed by atoms with E-state index in [4.69, 9.17) is 75.8 Å². The topological polar surface area (TPSA) is 364 Å². The summed E-state index contributed by atoms with van der Waals surface area (Å²) in [5.74, 6) is -0.0539. The Morgan fingerprint density at radius 2 is 1.04 bits per heavy atom. The molecule has 0 fully saturated rings. The number of carbonyl (C=O) groups excluding carboxylic acids is 4. The Hall–Kier alpha value is -11.3. The average Bonchev–Trinajstić information content (AvgIpc) is 1.20. The normalized spacial score (nSPS) is 10.4. The number of fused-ring (bicyclic) bond motifs is 1. The summed E-state index contributed by atoms with van der Waals surface area (Å²) in [5.41, 5.74) is 20.5. The molecule has 6 aromatic carbocycles. The van der Waals surface area contributed by atoms with Crippen LogP contribution in [0, 0.1) is 74.9 Å². The van der Waals surface area contributed by atoms with E-state index in [-0.39, 0.29) is 77.2 Å². The summed E-state index contributed by atoms with van der Waals surface area (Å²) in [6.45, 7) is 15.0. The van der Waals surface area contributed by atoms with Gasteiger partial charge < -0.3 is 25.4 Å². The van der Waals surface area contributed by atoms with Crippen molar-refractivity contribution in [2.75, 3.05) is 42.5 Å². The molecule has 23 nitrogen and oxygen atoms in total. The molecule has 6 amide bonds. The molecule has 0 bridgehead atoms. The van der Waals surface area contributed by atoms with Crippen molar-refractivity contribution in [3.05, 3.63) is 174 Å². The van der Waals surface area contributed by atoms with Crippen molar-refractivity contribution in [1.29, 1.82) is 31.6 Å². The molecule has 474 valence electrons. The highest BCUT2D eigenvalue weighted by molar-refractivity contribution is 6.34. The van der Waals surface area contributed by atoms with Gasteiger partial charge in [0.25, 0.3) is 0 Å². The van der Waals surface area contributed by atoms with E-state index in [1.165, 1.54) is 68.3 Å². The van der Waals surface area contributed by atoms with Gasteiger partial charge in [-0.15, -0.1) is 0 Å². The largest absolute Gasteiger partial charge is 0.495 e. The molecule has 9 N–H and O–H groups in total. The number of nitriles is 6. The summed E-state index contributed by atoms with van der Waals surface area (Å²) in [7, 11) is 2.96. The van der Waals surface area contributed by atoms with Gasteiger partial charge >= 0.3 is 24.3 Å². The quantitative estimate of drug-likeness (QED) is 0.0246. The molecule has 0 saturated heterocycles. The first kappa shape index (κ1) is 73.2. The fourth-order valence-electron chi connectivity index (χ4n) is 7.61. The van der Waals surface area contributed by atoms with E-state index in [9.17, 15) is 32.3 Å². The highest BCUT2D eigenvalue weighted by Crippen LogP contribution is 2.39. The van der Waals surface area contributed by atoms with Crippen LogP contribution < -0.4 is 58.0 Å². The SMILES string of the molecule is CCC(C)(C)c1ccc(OCNC(=O)NNc2cc(C#N)c(C#N)cc2Cl)c(C(C)(C)CC)c1.CNC(=O)NNc1cc(C#N)c(C#N)cc1Cl.COc1ccc(C)cc1NC(=O)NNc1cc(C#N)c(C#N)cc1Cl.O=Cc1nc(C(F)(F)F)nc2ccccc12. The number of urea groups is 3. The highest BCUT2D eigenvalue weighted by Gasteiger charge is 2.35. The molecular weight excluding hydrogens is 1250 g/mol. The van der Waals surface area contributed by atoms with Crippen LogP contribution in [0.15, 0.2) is 97.1 Å². The van der Waals surface area contributed by atoms with Crippen LogP contribution in [0.25, 0.3) is 10.9 Å². The maximum atomic E-state index is 12.4. The number of hydrogen-bond acceptors (Lipinski definition) is 17. The third-order valence-electron chi connectivity index (χ3n) is 13.5. The molecule has 7 aromatic rings. The molecule has 0 aliphatic heterocycles. The number of hydrazine groups is 3. The fraction of sp³-hybridized carbons (Fsp3) is 0.238. The summed E-state index contributed by atoms with van der Waals surface area (Å²) in [6, 6.07) is 35.7. The first-order valence-electron chi connectivity index (χ1n) is 27.1. The lowest BCUT2D eigenvalue weighted by Crippen LogP contribution is -2.41. The monoisotopic (exact) mass is 1310 g/mol. The lowest BCUT2D eigenvalue weighted by Gasteiger charge is -2.30. The summed E-state index contributed by atoms with van der Waals surface area (Å²) in [6.07, 6.45) is -2.40. The second-order valence-electron chi connectivity index (χ2n) is 20.3. The lowest BCUT2D eigenvalue weighted by molar-refractivity contribution is -0.144. The summed E-state index contributed by atoms with van der Waals surface area (Å²) < 4.78 is 48.3. The molecule has 1 aromatic heterocycles. The molecule has 0 atom stereocenters. The van der Waals surface area contributed by atoms with Crippen molar-refractivity contribution >= 4 is 92.8 Å². The number of anilines is 4. The van der Waals surface area contributed by atoms with E-state index in [1.54, 1.807) is 24.3 Å². The average molecular weight is 1310 g/mol. The molecule has 0 spiro atoms. The van der Waals surface area contributed by atoms with Gasteiger partial charge in [-0.1, -0.05) is 113 Å².